The van der Waals surface area contributed by atoms with E-state index >= 15 is 0 Å². The molecular formula is C18H21ClO. The fourth-order valence-electron chi connectivity index (χ4n) is 2.35. The lowest BCUT2D eigenvalue weighted by molar-refractivity contribution is 0.178. The Balaban J connectivity index is 2.03. The molecule has 2 heteroatoms. The van der Waals surface area contributed by atoms with Gasteiger partial charge in [0.25, 0.3) is 0 Å². The molecule has 1 nitrogen and oxygen atoms in total. The monoisotopic (exact) mass is 288 g/mol. The summed E-state index contributed by atoms with van der Waals surface area (Å²) in [6.07, 6.45) is 1.18. The second-order valence-electron chi connectivity index (χ2n) is 5.69. The quantitative estimate of drug-likeness (QED) is 0.837. The third-order valence-electron chi connectivity index (χ3n) is 3.33. The number of halogens is 1. The highest BCUT2D eigenvalue weighted by atomic mass is 35.5. The Labute approximate surface area is 126 Å². The zero-order chi connectivity index (χ0) is 14.5. The van der Waals surface area contributed by atoms with E-state index in [0.29, 0.717) is 17.4 Å². The molecule has 0 bridgehead atoms. The highest BCUT2D eigenvalue weighted by molar-refractivity contribution is 6.30. The molecule has 0 amide bonds. The van der Waals surface area contributed by atoms with Crippen molar-refractivity contribution < 1.29 is 5.11 Å². The van der Waals surface area contributed by atoms with Crippen LogP contribution in [0.4, 0.5) is 0 Å². The lowest BCUT2D eigenvalue weighted by atomic mass is 9.97. The fraction of sp³-hybridized carbons (Fsp3) is 0.333. The lowest BCUT2D eigenvalue weighted by Gasteiger charge is -2.12. The Bertz CT molecular complexity index is 546. The molecule has 0 saturated carbocycles. The van der Waals surface area contributed by atoms with E-state index < -0.39 is 6.10 Å². The van der Waals surface area contributed by atoms with Crippen LogP contribution in [0.3, 0.4) is 0 Å². The van der Waals surface area contributed by atoms with Gasteiger partial charge in [-0.2, -0.15) is 0 Å². The summed E-state index contributed by atoms with van der Waals surface area (Å²) in [5.41, 5.74) is 3.33. The molecule has 2 aromatic rings. The van der Waals surface area contributed by atoms with E-state index in [1.54, 1.807) is 0 Å². The standard InChI is InChI=1S/C18H21ClO/c1-13(2)10-14-6-8-16(9-7-14)18(20)12-15-4-3-5-17(19)11-15/h3-9,11,13,18,20H,10,12H2,1-2H3. The van der Waals surface area contributed by atoms with Crippen molar-refractivity contribution in [3.05, 3.63) is 70.2 Å². The van der Waals surface area contributed by atoms with Crippen LogP contribution in [0.25, 0.3) is 0 Å². The summed E-state index contributed by atoms with van der Waals surface area (Å²) in [4.78, 5) is 0. The Hall–Kier alpha value is -1.31. The summed E-state index contributed by atoms with van der Waals surface area (Å²) in [6, 6.07) is 15.9. The van der Waals surface area contributed by atoms with Gasteiger partial charge in [-0.3, -0.25) is 0 Å². The number of aliphatic hydroxyl groups excluding tert-OH is 1. The Morgan fingerprint density at radius 3 is 2.25 bits per heavy atom. The van der Waals surface area contributed by atoms with Gasteiger partial charge in [0.15, 0.2) is 0 Å². The molecule has 106 valence electrons. The van der Waals surface area contributed by atoms with Gasteiger partial charge in [-0.15, -0.1) is 0 Å². The maximum atomic E-state index is 10.3. The second kappa shape index (κ2) is 6.92. The van der Waals surface area contributed by atoms with E-state index in [1.807, 2.05) is 36.4 Å². The van der Waals surface area contributed by atoms with E-state index in [0.717, 1.165) is 17.5 Å². The number of benzene rings is 2. The zero-order valence-corrected chi connectivity index (χ0v) is 12.8. The Kier molecular flexibility index (Phi) is 5.22. The Morgan fingerprint density at radius 2 is 1.65 bits per heavy atom. The molecule has 0 aliphatic heterocycles. The molecule has 2 rings (SSSR count). The molecule has 0 aromatic heterocycles. The third kappa shape index (κ3) is 4.36. The average molecular weight is 289 g/mol. The van der Waals surface area contributed by atoms with Crippen molar-refractivity contribution in [1.82, 2.24) is 0 Å². The van der Waals surface area contributed by atoms with Crippen molar-refractivity contribution in [3.63, 3.8) is 0 Å². The average Bonchev–Trinajstić information content (AvgIpc) is 2.38. The molecular weight excluding hydrogens is 268 g/mol. The molecule has 1 N–H and O–H groups in total. The molecule has 0 heterocycles. The van der Waals surface area contributed by atoms with Crippen LogP contribution in [-0.4, -0.2) is 5.11 Å². The summed E-state index contributed by atoms with van der Waals surface area (Å²) < 4.78 is 0. The van der Waals surface area contributed by atoms with Crippen molar-refractivity contribution >= 4 is 11.6 Å². The third-order valence-corrected chi connectivity index (χ3v) is 3.56. The highest BCUT2D eigenvalue weighted by Crippen LogP contribution is 2.21. The first-order valence-electron chi connectivity index (χ1n) is 7.06. The molecule has 0 aliphatic carbocycles. The van der Waals surface area contributed by atoms with Crippen LogP contribution in [0.1, 0.15) is 36.6 Å². The molecule has 0 spiro atoms. The first kappa shape index (κ1) is 15.1. The van der Waals surface area contributed by atoms with Crippen molar-refractivity contribution in [2.24, 2.45) is 5.92 Å². The van der Waals surface area contributed by atoms with Gasteiger partial charge in [-0.05, 0) is 41.2 Å². The van der Waals surface area contributed by atoms with Crippen LogP contribution in [0.2, 0.25) is 5.02 Å². The van der Waals surface area contributed by atoms with Crippen LogP contribution < -0.4 is 0 Å². The zero-order valence-electron chi connectivity index (χ0n) is 12.0. The van der Waals surface area contributed by atoms with Crippen LogP contribution in [0.15, 0.2) is 48.5 Å². The first-order chi connectivity index (χ1) is 9.54. The SMILES string of the molecule is CC(C)Cc1ccc(C(O)Cc2cccc(Cl)c2)cc1. The van der Waals surface area contributed by atoms with Crippen LogP contribution >= 0.6 is 11.6 Å². The second-order valence-corrected chi connectivity index (χ2v) is 6.13. The minimum atomic E-state index is -0.485. The maximum Gasteiger partial charge on any atom is 0.0830 e. The normalized spacial score (nSPS) is 12.7. The van der Waals surface area contributed by atoms with Gasteiger partial charge >= 0.3 is 0 Å². The topological polar surface area (TPSA) is 20.2 Å². The van der Waals surface area contributed by atoms with Gasteiger partial charge in [0.1, 0.15) is 0 Å². The predicted molar refractivity (Wildman–Crippen MR) is 85.1 cm³/mol. The maximum absolute atomic E-state index is 10.3. The van der Waals surface area contributed by atoms with Crippen LogP contribution in [-0.2, 0) is 12.8 Å². The van der Waals surface area contributed by atoms with Gasteiger partial charge in [-0.1, -0.05) is 61.8 Å². The molecule has 0 radical (unpaired) electrons. The van der Waals surface area contributed by atoms with Gasteiger partial charge in [-0.25, -0.2) is 0 Å². The molecule has 0 saturated heterocycles. The van der Waals surface area contributed by atoms with Gasteiger partial charge < -0.3 is 5.11 Å². The largest absolute Gasteiger partial charge is 0.388 e. The number of hydrogen-bond acceptors (Lipinski definition) is 1. The summed E-state index contributed by atoms with van der Waals surface area (Å²) in [6.45, 7) is 4.42. The molecule has 1 unspecified atom stereocenters. The van der Waals surface area contributed by atoms with E-state index in [-0.39, 0.29) is 0 Å². The molecule has 0 fully saturated rings. The van der Waals surface area contributed by atoms with Crippen molar-refractivity contribution in [2.45, 2.75) is 32.8 Å². The van der Waals surface area contributed by atoms with Crippen molar-refractivity contribution in [2.75, 3.05) is 0 Å². The van der Waals surface area contributed by atoms with E-state index in [9.17, 15) is 5.11 Å². The van der Waals surface area contributed by atoms with Crippen LogP contribution in [0.5, 0.6) is 0 Å². The molecule has 0 aliphatic rings. The lowest BCUT2D eigenvalue weighted by Crippen LogP contribution is -2.02. The first-order valence-corrected chi connectivity index (χ1v) is 7.43. The van der Waals surface area contributed by atoms with Crippen LogP contribution in [0, 0.1) is 5.92 Å². The Morgan fingerprint density at radius 1 is 0.950 bits per heavy atom. The van der Waals surface area contributed by atoms with Crippen molar-refractivity contribution in [1.29, 1.82) is 0 Å². The van der Waals surface area contributed by atoms with Gasteiger partial charge in [0.2, 0.25) is 0 Å². The van der Waals surface area contributed by atoms with Gasteiger partial charge in [0.05, 0.1) is 6.10 Å². The number of aliphatic hydroxyl groups is 1. The fourth-order valence-corrected chi connectivity index (χ4v) is 2.57. The summed E-state index contributed by atoms with van der Waals surface area (Å²) in [5.74, 6) is 0.650. The van der Waals surface area contributed by atoms with Crippen molar-refractivity contribution in [3.8, 4) is 0 Å². The summed E-state index contributed by atoms with van der Waals surface area (Å²) in [5, 5.41) is 11.0. The van der Waals surface area contributed by atoms with E-state index in [2.05, 4.69) is 26.0 Å². The number of rotatable bonds is 5. The molecule has 20 heavy (non-hydrogen) atoms. The molecule has 2 aromatic carbocycles. The van der Waals surface area contributed by atoms with E-state index in [1.165, 1.54) is 5.56 Å². The smallest absolute Gasteiger partial charge is 0.0830 e. The predicted octanol–water partition coefficient (Wildman–Crippen LogP) is 4.81. The molecule has 1 atom stereocenters. The minimum absolute atomic E-state index is 0.485. The van der Waals surface area contributed by atoms with E-state index in [4.69, 9.17) is 11.6 Å². The number of hydrogen-bond donors (Lipinski definition) is 1. The summed E-state index contributed by atoms with van der Waals surface area (Å²) >= 11 is 5.96. The highest BCUT2D eigenvalue weighted by Gasteiger charge is 2.09. The van der Waals surface area contributed by atoms with Gasteiger partial charge in [0, 0.05) is 11.4 Å². The minimum Gasteiger partial charge on any atom is -0.388 e. The summed E-state index contributed by atoms with van der Waals surface area (Å²) in [7, 11) is 0.